The van der Waals surface area contributed by atoms with Crippen molar-refractivity contribution in [3.63, 3.8) is 0 Å². The molecular weight excluding hydrogens is 233 g/mol. The summed E-state index contributed by atoms with van der Waals surface area (Å²) >= 11 is 3.27. The van der Waals surface area contributed by atoms with Gasteiger partial charge in [-0.15, -0.1) is 0 Å². The zero-order valence-electron chi connectivity index (χ0n) is 5.05. The molecule has 0 fully saturated rings. The van der Waals surface area contributed by atoms with Crippen molar-refractivity contribution in [2.45, 2.75) is 5.75 Å². The summed E-state index contributed by atoms with van der Waals surface area (Å²) in [6, 6.07) is 5.78. The summed E-state index contributed by atoms with van der Waals surface area (Å²) in [4.78, 5) is 4.17. The maximum Gasteiger partial charge on any atom is 0.106 e. The number of rotatable bonds is 2. The molecule has 1 aromatic rings. The smallest absolute Gasteiger partial charge is 0.106 e. The van der Waals surface area contributed by atoms with Crippen LogP contribution in [0.25, 0.3) is 0 Å². The van der Waals surface area contributed by atoms with E-state index in [1.54, 1.807) is 0 Å². The number of nitrogens with zero attached hydrogens (tertiary/aromatic N) is 1. The van der Waals surface area contributed by atoms with Gasteiger partial charge in [0.2, 0.25) is 0 Å². The first-order valence-electron chi connectivity index (χ1n) is 2.68. The SMILES string of the molecule is ClSCc1cccc(Br)n1. The van der Waals surface area contributed by atoms with Crippen molar-refractivity contribution in [2.75, 3.05) is 0 Å². The number of hydrogen-bond acceptors (Lipinski definition) is 2. The van der Waals surface area contributed by atoms with Gasteiger partial charge in [-0.25, -0.2) is 4.98 Å². The van der Waals surface area contributed by atoms with Crippen molar-refractivity contribution in [1.29, 1.82) is 0 Å². The first kappa shape index (κ1) is 8.37. The van der Waals surface area contributed by atoms with Gasteiger partial charge in [0, 0.05) is 0 Å². The average molecular weight is 239 g/mol. The topological polar surface area (TPSA) is 12.9 Å². The van der Waals surface area contributed by atoms with Gasteiger partial charge < -0.3 is 0 Å². The number of aromatic nitrogens is 1. The van der Waals surface area contributed by atoms with Crippen LogP contribution in [0.5, 0.6) is 0 Å². The van der Waals surface area contributed by atoms with E-state index in [0.717, 1.165) is 16.0 Å². The van der Waals surface area contributed by atoms with Crippen LogP contribution in [-0.2, 0) is 5.75 Å². The van der Waals surface area contributed by atoms with Gasteiger partial charge >= 0.3 is 0 Å². The van der Waals surface area contributed by atoms with E-state index in [1.165, 1.54) is 11.0 Å². The van der Waals surface area contributed by atoms with Crippen LogP contribution in [0.3, 0.4) is 0 Å². The molecule has 0 spiro atoms. The molecule has 0 aliphatic carbocycles. The number of hydrogen-bond donors (Lipinski definition) is 0. The minimum Gasteiger partial charge on any atom is -0.245 e. The quantitative estimate of drug-likeness (QED) is 0.734. The van der Waals surface area contributed by atoms with Gasteiger partial charge in [-0.1, -0.05) is 6.07 Å². The molecule has 0 atom stereocenters. The second-order valence-electron chi connectivity index (χ2n) is 1.71. The van der Waals surface area contributed by atoms with Crippen molar-refractivity contribution in [3.05, 3.63) is 28.5 Å². The Bertz CT molecular complexity index is 219. The van der Waals surface area contributed by atoms with Crippen molar-refractivity contribution in [3.8, 4) is 0 Å². The Hall–Kier alpha value is 0.270. The zero-order chi connectivity index (χ0) is 7.40. The Morgan fingerprint density at radius 2 is 2.40 bits per heavy atom. The molecule has 0 unspecified atom stereocenters. The van der Waals surface area contributed by atoms with Crippen LogP contribution in [0, 0.1) is 0 Å². The van der Waals surface area contributed by atoms with Gasteiger partial charge in [-0.2, -0.15) is 0 Å². The summed E-state index contributed by atoms with van der Waals surface area (Å²) in [5.41, 5.74) is 0.995. The Balaban J connectivity index is 2.75. The molecular formula is C6H5BrClNS. The van der Waals surface area contributed by atoms with Crippen LogP contribution in [0.15, 0.2) is 22.8 Å². The predicted octanol–water partition coefficient (Wildman–Crippen LogP) is 3.23. The van der Waals surface area contributed by atoms with Crippen LogP contribution >= 0.6 is 37.6 Å². The fourth-order valence-corrected chi connectivity index (χ4v) is 1.57. The van der Waals surface area contributed by atoms with E-state index in [2.05, 4.69) is 20.9 Å². The van der Waals surface area contributed by atoms with E-state index in [9.17, 15) is 0 Å². The van der Waals surface area contributed by atoms with Crippen LogP contribution in [0.4, 0.5) is 0 Å². The van der Waals surface area contributed by atoms with Crippen LogP contribution < -0.4 is 0 Å². The molecule has 1 nitrogen and oxygen atoms in total. The molecule has 0 aliphatic rings. The molecule has 0 aromatic carbocycles. The fourth-order valence-electron chi connectivity index (χ4n) is 0.587. The molecule has 1 aromatic heterocycles. The summed E-state index contributed by atoms with van der Waals surface area (Å²) < 4.78 is 0.857. The average Bonchev–Trinajstić information content (AvgIpc) is 1.88. The van der Waals surface area contributed by atoms with E-state index in [-0.39, 0.29) is 0 Å². The summed E-state index contributed by atoms with van der Waals surface area (Å²) in [5.74, 6) is 0.751. The molecule has 0 saturated carbocycles. The molecule has 0 saturated heterocycles. The van der Waals surface area contributed by atoms with Crippen molar-refractivity contribution in [1.82, 2.24) is 4.98 Å². The second-order valence-corrected chi connectivity index (χ2v) is 3.68. The van der Waals surface area contributed by atoms with E-state index in [4.69, 9.17) is 10.7 Å². The maximum atomic E-state index is 5.45. The predicted molar refractivity (Wildman–Crippen MR) is 49.1 cm³/mol. The monoisotopic (exact) mass is 237 g/mol. The minimum absolute atomic E-state index is 0.751. The summed E-state index contributed by atoms with van der Waals surface area (Å²) in [6.45, 7) is 0. The van der Waals surface area contributed by atoms with Crippen LogP contribution in [0.1, 0.15) is 5.69 Å². The standard InChI is InChI=1S/C6H5BrClNS/c7-6-3-1-2-5(9-6)4-10-8/h1-3H,4H2. The normalized spacial score (nSPS) is 9.80. The molecule has 0 amide bonds. The van der Waals surface area contributed by atoms with Gasteiger partial charge in [-0.3, -0.25) is 0 Å². The van der Waals surface area contributed by atoms with E-state index in [0.29, 0.717) is 0 Å². The maximum absolute atomic E-state index is 5.45. The molecule has 54 valence electrons. The Kier molecular flexibility index (Phi) is 3.52. The third-order valence-corrected chi connectivity index (χ3v) is 2.15. The van der Waals surface area contributed by atoms with E-state index >= 15 is 0 Å². The van der Waals surface area contributed by atoms with Crippen LogP contribution in [0.2, 0.25) is 0 Å². The van der Waals surface area contributed by atoms with E-state index < -0.39 is 0 Å². The van der Waals surface area contributed by atoms with Gasteiger partial charge in [0.05, 0.1) is 11.4 Å². The largest absolute Gasteiger partial charge is 0.245 e. The minimum atomic E-state index is 0.751. The highest BCUT2D eigenvalue weighted by atomic mass is 79.9. The molecule has 1 heterocycles. The Morgan fingerprint density at radius 3 is 3.00 bits per heavy atom. The van der Waals surface area contributed by atoms with Gasteiger partial charge in [-0.05, 0) is 49.7 Å². The summed E-state index contributed by atoms with van der Waals surface area (Å²) in [6.07, 6.45) is 0. The summed E-state index contributed by atoms with van der Waals surface area (Å²) in [7, 11) is 6.70. The lowest BCUT2D eigenvalue weighted by Crippen LogP contribution is -1.83. The highest BCUT2D eigenvalue weighted by Crippen LogP contribution is 2.15. The van der Waals surface area contributed by atoms with Crippen molar-refractivity contribution < 1.29 is 0 Å². The number of pyridine rings is 1. The van der Waals surface area contributed by atoms with Gasteiger partial charge in [0.1, 0.15) is 4.60 Å². The zero-order valence-corrected chi connectivity index (χ0v) is 8.21. The van der Waals surface area contributed by atoms with Crippen molar-refractivity contribution >= 4 is 37.6 Å². The molecule has 0 radical (unpaired) electrons. The highest BCUT2D eigenvalue weighted by Gasteiger charge is 1.93. The highest BCUT2D eigenvalue weighted by molar-refractivity contribution is 9.10. The lowest BCUT2D eigenvalue weighted by molar-refractivity contribution is 1.15. The third-order valence-electron chi connectivity index (χ3n) is 0.975. The second kappa shape index (κ2) is 4.21. The first-order valence-corrected chi connectivity index (χ1v) is 5.28. The Labute approximate surface area is 76.8 Å². The number of halogens is 2. The molecule has 0 N–H and O–H groups in total. The lowest BCUT2D eigenvalue weighted by atomic mass is 10.4. The van der Waals surface area contributed by atoms with Crippen LogP contribution in [-0.4, -0.2) is 4.98 Å². The van der Waals surface area contributed by atoms with Gasteiger partial charge in [0.15, 0.2) is 0 Å². The van der Waals surface area contributed by atoms with Gasteiger partial charge in [0.25, 0.3) is 0 Å². The summed E-state index contributed by atoms with van der Waals surface area (Å²) in [5, 5.41) is 0. The molecule has 10 heavy (non-hydrogen) atoms. The molecule has 4 heteroatoms. The first-order chi connectivity index (χ1) is 4.83. The Morgan fingerprint density at radius 1 is 1.60 bits per heavy atom. The lowest BCUT2D eigenvalue weighted by Gasteiger charge is -1.94. The molecule has 1 rings (SSSR count). The molecule has 0 aliphatic heterocycles. The molecule has 0 bridgehead atoms. The van der Waals surface area contributed by atoms with Crippen molar-refractivity contribution in [2.24, 2.45) is 0 Å². The fraction of sp³-hybridized carbons (Fsp3) is 0.167. The third kappa shape index (κ3) is 2.48. The van der Waals surface area contributed by atoms with E-state index in [1.807, 2.05) is 18.2 Å².